The molecule has 0 N–H and O–H groups in total. The topological polar surface area (TPSA) is 86.3 Å². The van der Waals surface area contributed by atoms with E-state index >= 15 is 0 Å². The van der Waals surface area contributed by atoms with Gasteiger partial charge in [0.2, 0.25) is 0 Å². The SMILES string of the molecule is CCO[Si](CCCN(CCC[Si](OCC)(OCC)OCC)CCC[Si](OCC)(OCC)OCC)(OCC)OCC. The lowest BCUT2D eigenvalue weighted by Gasteiger charge is -2.32. The van der Waals surface area contributed by atoms with Crippen molar-refractivity contribution in [3.63, 3.8) is 0 Å². The average molecular weight is 630 g/mol. The maximum atomic E-state index is 6.09. The summed E-state index contributed by atoms with van der Waals surface area (Å²) >= 11 is 0. The molecule has 13 heteroatoms. The highest BCUT2D eigenvalue weighted by Gasteiger charge is 2.42. The maximum absolute atomic E-state index is 6.09. The quantitative estimate of drug-likeness (QED) is 0.0936. The first-order chi connectivity index (χ1) is 19.3. The highest BCUT2D eigenvalue weighted by Crippen LogP contribution is 2.22. The van der Waals surface area contributed by atoms with Gasteiger partial charge in [-0.15, -0.1) is 0 Å². The Morgan fingerprint density at radius 2 is 0.500 bits per heavy atom. The molecule has 242 valence electrons. The Morgan fingerprint density at radius 1 is 0.325 bits per heavy atom. The Morgan fingerprint density at radius 3 is 0.650 bits per heavy atom. The van der Waals surface area contributed by atoms with Crippen molar-refractivity contribution in [3.05, 3.63) is 0 Å². The van der Waals surface area contributed by atoms with Crippen molar-refractivity contribution in [2.45, 2.75) is 99.7 Å². The summed E-state index contributed by atoms with van der Waals surface area (Å²) in [7, 11) is -8.05. The molecule has 0 spiro atoms. The fourth-order valence-corrected chi connectivity index (χ4v) is 12.7. The molecule has 0 aliphatic heterocycles. The summed E-state index contributed by atoms with van der Waals surface area (Å²) in [5.74, 6) is 0. The van der Waals surface area contributed by atoms with Crippen molar-refractivity contribution in [3.8, 4) is 0 Å². The molecular weight excluding hydrogens is 567 g/mol. The Hall–Kier alpha value is 0.251. The largest absolute Gasteiger partial charge is 0.500 e. The fraction of sp³-hybridized carbons (Fsp3) is 1.00. The van der Waals surface area contributed by atoms with Gasteiger partial charge in [-0.3, -0.25) is 0 Å². The van der Waals surface area contributed by atoms with Crippen LogP contribution in [0.5, 0.6) is 0 Å². The van der Waals surface area contributed by atoms with Crippen molar-refractivity contribution in [2.24, 2.45) is 0 Å². The van der Waals surface area contributed by atoms with Crippen LogP contribution in [0.15, 0.2) is 0 Å². The summed E-state index contributed by atoms with van der Waals surface area (Å²) in [6, 6.07) is 2.39. The van der Waals surface area contributed by atoms with Gasteiger partial charge < -0.3 is 44.7 Å². The molecule has 0 fully saturated rings. The monoisotopic (exact) mass is 629 g/mol. The minimum absolute atomic E-state index is 0.591. The molecule has 0 aromatic rings. The van der Waals surface area contributed by atoms with Crippen LogP contribution in [0.4, 0.5) is 0 Å². The lowest BCUT2D eigenvalue weighted by Crippen LogP contribution is -2.47. The minimum Gasteiger partial charge on any atom is -0.374 e. The van der Waals surface area contributed by atoms with Crippen LogP contribution < -0.4 is 0 Å². The Balaban J connectivity index is 5.51. The van der Waals surface area contributed by atoms with Crippen LogP contribution >= 0.6 is 0 Å². The van der Waals surface area contributed by atoms with Crippen LogP contribution in [0.25, 0.3) is 0 Å². The van der Waals surface area contributed by atoms with Crippen LogP contribution in [0.3, 0.4) is 0 Å². The molecule has 0 amide bonds. The van der Waals surface area contributed by atoms with E-state index in [0.717, 1.165) is 57.0 Å². The lowest BCUT2D eigenvalue weighted by atomic mass is 10.3. The molecule has 0 saturated carbocycles. The Bertz CT molecular complexity index is 454. The predicted octanol–water partition coefficient (Wildman–Crippen LogP) is 5.60. The van der Waals surface area contributed by atoms with E-state index < -0.39 is 26.4 Å². The summed E-state index contributed by atoms with van der Waals surface area (Å²) in [6.07, 6.45) is 2.80. The molecular formula is C27H63NO9Si3. The number of rotatable bonds is 30. The van der Waals surface area contributed by atoms with Crippen molar-refractivity contribution in [1.82, 2.24) is 4.90 Å². The smallest absolute Gasteiger partial charge is 0.374 e. The lowest BCUT2D eigenvalue weighted by molar-refractivity contribution is 0.0687. The van der Waals surface area contributed by atoms with E-state index in [1.165, 1.54) is 0 Å². The summed E-state index contributed by atoms with van der Waals surface area (Å²) in [5, 5.41) is 0. The van der Waals surface area contributed by atoms with Crippen LogP contribution in [0, 0.1) is 0 Å². The molecule has 0 aliphatic carbocycles. The second kappa shape index (κ2) is 24.7. The van der Waals surface area contributed by atoms with Gasteiger partial charge in [0.1, 0.15) is 0 Å². The van der Waals surface area contributed by atoms with Gasteiger partial charge in [-0.25, -0.2) is 0 Å². The fourth-order valence-electron chi connectivity index (χ4n) is 4.90. The van der Waals surface area contributed by atoms with Crippen molar-refractivity contribution >= 4 is 26.4 Å². The average Bonchev–Trinajstić information content (AvgIpc) is 2.90. The molecule has 10 nitrogen and oxygen atoms in total. The number of nitrogens with zero attached hydrogens (tertiary/aromatic N) is 1. The molecule has 0 aliphatic rings. The van der Waals surface area contributed by atoms with Gasteiger partial charge in [0, 0.05) is 77.6 Å². The van der Waals surface area contributed by atoms with Crippen LogP contribution in [-0.2, 0) is 39.8 Å². The zero-order valence-electron chi connectivity index (χ0n) is 27.3. The highest BCUT2D eigenvalue weighted by atomic mass is 28.4. The molecule has 0 radical (unpaired) electrons. The third-order valence-corrected chi connectivity index (χ3v) is 15.6. The summed E-state index contributed by atoms with van der Waals surface area (Å²) in [6.45, 7) is 26.1. The summed E-state index contributed by atoms with van der Waals surface area (Å²) < 4.78 is 54.8. The van der Waals surface area contributed by atoms with E-state index in [-0.39, 0.29) is 0 Å². The number of hydrogen-bond acceptors (Lipinski definition) is 10. The van der Waals surface area contributed by atoms with Crippen LogP contribution in [0.1, 0.15) is 81.6 Å². The zero-order valence-corrected chi connectivity index (χ0v) is 30.3. The highest BCUT2D eigenvalue weighted by molar-refractivity contribution is 6.61. The van der Waals surface area contributed by atoms with Crippen molar-refractivity contribution < 1.29 is 39.8 Å². The standard InChI is InChI=1S/C27H63NO9Si3/c1-10-29-38(30-11-2,31-12-3)25-19-22-28(23-20-26-39(32-13-4,33-14-5)34-15-6)24-21-27-40(35-16-7,36-17-8)37-18-9/h10-27H2,1-9H3. The Labute approximate surface area is 249 Å². The molecule has 0 atom stereocenters. The minimum atomic E-state index is -2.68. The molecule has 0 bridgehead atoms. The van der Waals surface area contributed by atoms with E-state index in [9.17, 15) is 0 Å². The van der Waals surface area contributed by atoms with E-state index in [1.807, 2.05) is 62.3 Å². The van der Waals surface area contributed by atoms with E-state index in [0.29, 0.717) is 59.5 Å². The molecule has 0 rings (SSSR count). The molecule has 0 aromatic carbocycles. The Kier molecular flexibility index (Phi) is 24.8. The first kappa shape index (κ1) is 40.3. The summed E-state index contributed by atoms with van der Waals surface area (Å²) in [5.41, 5.74) is 0. The second-order valence-corrected chi connectivity index (χ2v) is 17.3. The normalized spacial score (nSPS) is 13.1. The van der Waals surface area contributed by atoms with Gasteiger partial charge in [0.15, 0.2) is 0 Å². The third-order valence-electron chi connectivity index (χ3n) is 6.15. The van der Waals surface area contributed by atoms with E-state index in [1.54, 1.807) is 0 Å². The molecule has 0 aromatic heterocycles. The first-order valence-electron chi connectivity index (χ1n) is 15.8. The van der Waals surface area contributed by atoms with E-state index in [4.69, 9.17) is 39.8 Å². The van der Waals surface area contributed by atoms with Crippen LogP contribution in [0.2, 0.25) is 18.1 Å². The van der Waals surface area contributed by atoms with Crippen molar-refractivity contribution in [1.29, 1.82) is 0 Å². The first-order valence-corrected chi connectivity index (χ1v) is 21.6. The van der Waals surface area contributed by atoms with Gasteiger partial charge in [-0.2, -0.15) is 0 Å². The van der Waals surface area contributed by atoms with Gasteiger partial charge in [-0.05, 0) is 101 Å². The third kappa shape index (κ3) is 16.2. The molecule has 0 saturated heterocycles. The second-order valence-electron chi connectivity index (χ2n) is 9.10. The van der Waals surface area contributed by atoms with E-state index in [2.05, 4.69) is 4.90 Å². The maximum Gasteiger partial charge on any atom is 0.500 e. The molecule has 40 heavy (non-hydrogen) atoms. The predicted molar refractivity (Wildman–Crippen MR) is 167 cm³/mol. The van der Waals surface area contributed by atoms with Gasteiger partial charge in [0.05, 0.1) is 0 Å². The molecule has 0 heterocycles. The number of hydrogen-bond donors (Lipinski definition) is 0. The van der Waals surface area contributed by atoms with Crippen LogP contribution in [-0.4, -0.2) is 110 Å². The van der Waals surface area contributed by atoms with Gasteiger partial charge in [0.25, 0.3) is 0 Å². The van der Waals surface area contributed by atoms with Gasteiger partial charge >= 0.3 is 26.4 Å². The summed E-state index contributed by atoms with van der Waals surface area (Å²) in [4.78, 5) is 2.51. The van der Waals surface area contributed by atoms with Crippen molar-refractivity contribution in [2.75, 3.05) is 79.1 Å². The van der Waals surface area contributed by atoms with Gasteiger partial charge in [-0.1, -0.05) is 0 Å². The molecule has 0 unspecified atom stereocenters. The zero-order chi connectivity index (χ0) is 30.2.